The first-order chi connectivity index (χ1) is 8.04. The van der Waals surface area contributed by atoms with Gasteiger partial charge >= 0.3 is 0 Å². The van der Waals surface area contributed by atoms with Crippen molar-refractivity contribution in [3.63, 3.8) is 0 Å². The third kappa shape index (κ3) is 4.43. The molecule has 2 unspecified atom stereocenters. The summed E-state index contributed by atoms with van der Waals surface area (Å²) in [5.41, 5.74) is 1.01. The molecule has 1 rings (SSSR count). The minimum absolute atomic E-state index is 0.0977. The molecule has 0 amide bonds. The summed E-state index contributed by atoms with van der Waals surface area (Å²) in [7, 11) is 0. The van der Waals surface area contributed by atoms with Crippen molar-refractivity contribution in [2.45, 2.75) is 46.2 Å². The van der Waals surface area contributed by atoms with Crippen LogP contribution in [0.3, 0.4) is 0 Å². The highest BCUT2D eigenvalue weighted by Crippen LogP contribution is 2.19. The maximum absolute atomic E-state index is 12.5. The second kappa shape index (κ2) is 6.70. The van der Waals surface area contributed by atoms with E-state index in [1.54, 1.807) is 12.1 Å². The predicted octanol–water partition coefficient (Wildman–Crippen LogP) is 4.15. The van der Waals surface area contributed by atoms with E-state index >= 15 is 0 Å². The average Bonchev–Trinajstić information content (AvgIpc) is 2.35. The Morgan fingerprint density at radius 2 is 1.94 bits per heavy atom. The molecule has 0 radical (unpaired) electrons. The number of nitrogens with one attached hydrogen (secondary N) is 1. The summed E-state index contributed by atoms with van der Waals surface area (Å²) in [6.45, 7) is 7.12. The van der Waals surface area contributed by atoms with Gasteiger partial charge in [0.1, 0.15) is 0 Å². The van der Waals surface area contributed by atoms with Gasteiger partial charge in [-0.25, -0.2) is 8.78 Å². The van der Waals surface area contributed by atoms with Gasteiger partial charge < -0.3 is 5.32 Å². The van der Waals surface area contributed by atoms with E-state index in [-0.39, 0.29) is 5.56 Å². The van der Waals surface area contributed by atoms with Crippen molar-refractivity contribution >= 4 is 0 Å². The summed E-state index contributed by atoms with van der Waals surface area (Å²) in [6, 6.07) is 7.00. The normalized spacial score (nSPS) is 14.9. The monoisotopic (exact) mass is 241 g/mol. The second-order valence-corrected chi connectivity index (χ2v) is 4.60. The largest absolute Gasteiger partial charge is 0.310 e. The van der Waals surface area contributed by atoms with Crippen molar-refractivity contribution in [3.05, 3.63) is 35.4 Å². The van der Waals surface area contributed by atoms with Crippen molar-refractivity contribution < 1.29 is 8.78 Å². The lowest BCUT2D eigenvalue weighted by Gasteiger charge is -2.20. The van der Waals surface area contributed by atoms with E-state index in [0.717, 1.165) is 12.0 Å². The smallest absolute Gasteiger partial charge is 0.263 e. The Balaban J connectivity index is 2.54. The van der Waals surface area contributed by atoms with Crippen LogP contribution in [0.15, 0.2) is 24.3 Å². The van der Waals surface area contributed by atoms with Gasteiger partial charge in [-0.05, 0) is 24.5 Å². The van der Waals surface area contributed by atoms with E-state index in [4.69, 9.17) is 0 Å². The van der Waals surface area contributed by atoms with Crippen LogP contribution in [-0.2, 0) is 6.54 Å². The number of halogens is 2. The number of rotatable bonds is 6. The van der Waals surface area contributed by atoms with Crippen LogP contribution in [0.1, 0.15) is 44.7 Å². The Morgan fingerprint density at radius 3 is 2.53 bits per heavy atom. The molecular formula is C14H21F2N. The van der Waals surface area contributed by atoms with Gasteiger partial charge in [-0.15, -0.1) is 0 Å². The van der Waals surface area contributed by atoms with Crippen LogP contribution < -0.4 is 5.32 Å². The fourth-order valence-electron chi connectivity index (χ4n) is 1.67. The fraction of sp³-hybridized carbons (Fsp3) is 0.571. The van der Waals surface area contributed by atoms with Crippen molar-refractivity contribution in [1.82, 2.24) is 5.32 Å². The predicted molar refractivity (Wildman–Crippen MR) is 67.2 cm³/mol. The Morgan fingerprint density at radius 1 is 1.24 bits per heavy atom. The molecule has 0 saturated carbocycles. The van der Waals surface area contributed by atoms with Gasteiger partial charge in [0.05, 0.1) is 0 Å². The summed E-state index contributed by atoms with van der Waals surface area (Å²) in [5.74, 6) is 0.591. The van der Waals surface area contributed by atoms with Gasteiger partial charge in [-0.3, -0.25) is 0 Å². The quantitative estimate of drug-likeness (QED) is 0.789. The second-order valence-electron chi connectivity index (χ2n) is 4.60. The first-order valence-corrected chi connectivity index (χ1v) is 6.15. The zero-order chi connectivity index (χ0) is 12.8. The summed E-state index contributed by atoms with van der Waals surface area (Å²) in [6.07, 6.45) is -1.27. The van der Waals surface area contributed by atoms with Gasteiger partial charge in [0, 0.05) is 18.2 Å². The van der Waals surface area contributed by atoms with Crippen molar-refractivity contribution in [2.24, 2.45) is 5.92 Å². The van der Waals surface area contributed by atoms with E-state index < -0.39 is 6.43 Å². The highest BCUT2D eigenvalue weighted by atomic mass is 19.3. The van der Waals surface area contributed by atoms with Crippen LogP contribution in [0.5, 0.6) is 0 Å². The fourth-order valence-corrected chi connectivity index (χ4v) is 1.67. The van der Waals surface area contributed by atoms with Gasteiger partial charge in [0.15, 0.2) is 0 Å². The average molecular weight is 241 g/mol. The minimum Gasteiger partial charge on any atom is -0.310 e. The maximum Gasteiger partial charge on any atom is 0.263 e. The van der Waals surface area contributed by atoms with Crippen LogP contribution in [-0.4, -0.2) is 6.04 Å². The van der Waals surface area contributed by atoms with E-state index in [2.05, 4.69) is 26.1 Å². The summed E-state index contributed by atoms with van der Waals surface area (Å²) in [5, 5.41) is 3.37. The maximum atomic E-state index is 12.5. The summed E-state index contributed by atoms with van der Waals surface area (Å²) in [4.78, 5) is 0. The van der Waals surface area contributed by atoms with Gasteiger partial charge in [-0.1, -0.05) is 38.5 Å². The molecule has 0 bridgehead atoms. The lowest BCUT2D eigenvalue weighted by atomic mass is 10.0. The Hall–Kier alpha value is -0.960. The Kier molecular flexibility index (Phi) is 5.56. The van der Waals surface area contributed by atoms with Crippen LogP contribution in [0.2, 0.25) is 0 Å². The number of hydrogen-bond acceptors (Lipinski definition) is 1. The first kappa shape index (κ1) is 14.1. The summed E-state index contributed by atoms with van der Waals surface area (Å²) >= 11 is 0. The lowest BCUT2D eigenvalue weighted by molar-refractivity contribution is 0.151. The van der Waals surface area contributed by atoms with Gasteiger partial charge in [0.25, 0.3) is 6.43 Å². The molecular weight excluding hydrogens is 220 g/mol. The molecule has 0 aromatic heterocycles. The topological polar surface area (TPSA) is 12.0 Å². The molecule has 0 aliphatic heterocycles. The Bertz CT molecular complexity index is 339. The molecule has 0 aliphatic carbocycles. The van der Waals surface area contributed by atoms with Crippen LogP contribution >= 0.6 is 0 Å². The Labute approximate surface area is 102 Å². The van der Waals surface area contributed by atoms with Crippen molar-refractivity contribution in [2.75, 3.05) is 0 Å². The van der Waals surface area contributed by atoms with E-state index in [9.17, 15) is 8.78 Å². The van der Waals surface area contributed by atoms with Crippen molar-refractivity contribution in [3.8, 4) is 0 Å². The minimum atomic E-state index is -2.39. The molecule has 17 heavy (non-hydrogen) atoms. The molecule has 1 aromatic rings. The van der Waals surface area contributed by atoms with E-state index in [1.165, 1.54) is 6.07 Å². The lowest BCUT2D eigenvalue weighted by Crippen LogP contribution is -2.31. The zero-order valence-corrected chi connectivity index (χ0v) is 10.7. The molecule has 96 valence electrons. The van der Waals surface area contributed by atoms with Crippen LogP contribution in [0, 0.1) is 5.92 Å². The van der Waals surface area contributed by atoms with Crippen molar-refractivity contribution in [1.29, 1.82) is 0 Å². The zero-order valence-electron chi connectivity index (χ0n) is 10.7. The third-order valence-electron chi connectivity index (χ3n) is 3.33. The molecule has 0 saturated heterocycles. The molecule has 0 heterocycles. The van der Waals surface area contributed by atoms with Crippen LogP contribution in [0.4, 0.5) is 8.78 Å². The molecule has 0 spiro atoms. The van der Waals surface area contributed by atoms with Crippen LogP contribution in [0.25, 0.3) is 0 Å². The number of alkyl halides is 2. The molecule has 2 atom stereocenters. The standard InChI is InChI=1S/C14H21F2N/c1-4-10(2)11(3)17-9-12-6-5-7-13(8-12)14(15)16/h5-8,10-11,14,17H,4,9H2,1-3H3. The van der Waals surface area contributed by atoms with Gasteiger partial charge in [0.2, 0.25) is 0 Å². The highest BCUT2D eigenvalue weighted by molar-refractivity contribution is 5.24. The van der Waals surface area contributed by atoms with E-state index in [1.807, 2.05) is 6.07 Å². The molecule has 0 fully saturated rings. The first-order valence-electron chi connectivity index (χ1n) is 6.15. The number of hydrogen-bond donors (Lipinski definition) is 1. The summed E-state index contributed by atoms with van der Waals surface area (Å²) < 4.78 is 25.0. The molecule has 1 aromatic carbocycles. The molecule has 1 N–H and O–H groups in total. The highest BCUT2D eigenvalue weighted by Gasteiger charge is 2.10. The van der Waals surface area contributed by atoms with E-state index in [0.29, 0.717) is 18.5 Å². The SMILES string of the molecule is CCC(C)C(C)NCc1cccc(C(F)F)c1. The number of benzene rings is 1. The third-order valence-corrected chi connectivity index (χ3v) is 3.33. The van der Waals surface area contributed by atoms with Gasteiger partial charge in [-0.2, -0.15) is 0 Å². The molecule has 3 heteroatoms. The molecule has 1 nitrogen and oxygen atoms in total. The molecule has 0 aliphatic rings.